The van der Waals surface area contributed by atoms with Crippen LogP contribution in [0.2, 0.25) is 0 Å². The second kappa shape index (κ2) is 13.8. The summed E-state index contributed by atoms with van der Waals surface area (Å²) >= 11 is 0. The Morgan fingerprint density at radius 3 is 2.13 bits per heavy atom. The van der Waals surface area contributed by atoms with Crippen molar-refractivity contribution < 1.29 is 9.84 Å². The fourth-order valence-electron chi connectivity index (χ4n) is 6.43. The predicted octanol–water partition coefficient (Wildman–Crippen LogP) is 8.46. The number of phenols is 1. The van der Waals surface area contributed by atoms with Crippen LogP contribution in [0.15, 0.2) is 72.8 Å². The van der Waals surface area contributed by atoms with Gasteiger partial charge in [-0.25, -0.2) is 0 Å². The minimum atomic E-state index is 0.164. The van der Waals surface area contributed by atoms with Gasteiger partial charge < -0.3 is 14.7 Å². The van der Waals surface area contributed by atoms with E-state index in [1.807, 2.05) is 12.1 Å². The van der Waals surface area contributed by atoms with Crippen molar-refractivity contribution in [2.75, 3.05) is 26.2 Å². The molecule has 3 heteroatoms. The maximum atomic E-state index is 10.2. The van der Waals surface area contributed by atoms with Crippen LogP contribution >= 0.6 is 0 Å². The molecule has 3 aromatic carbocycles. The Balaban J connectivity index is 1.09. The molecule has 0 aliphatic carbocycles. The number of hydrogen-bond donors (Lipinski definition) is 1. The molecule has 1 N–H and O–H groups in total. The first kappa shape index (κ1) is 26.8. The average Bonchev–Trinajstić information content (AvgIpc) is 3.48. The van der Waals surface area contributed by atoms with Crippen LogP contribution in [0.4, 0.5) is 0 Å². The number of rotatable bonds is 13. The molecule has 2 heterocycles. The lowest BCUT2D eigenvalue weighted by molar-refractivity contribution is 0.248. The average molecular weight is 512 g/mol. The monoisotopic (exact) mass is 511 g/mol. The Kier molecular flexibility index (Phi) is 9.77. The van der Waals surface area contributed by atoms with Gasteiger partial charge in [0, 0.05) is 17.4 Å². The second-order valence-corrected chi connectivity index (χ2v) is 11.4. The molecular formula is C35H45NO2. The zero-order valence-electron chi connectivity index (χ0n) is 23.0. The molecule has 0 bridgehead atoms. The number of phenolic OH excluding ortho intramolecular Hbond substituents is 1. The second-order valence-electron chi connectivity index (χ2n) is 11.4. The Hall–Kier alpha value is -2.78. The first-order chi connectivity index (χ1) is 18.8. The summed E-state index contributed by atoms with van der Waals surface area (Å²) in [6, 6.07) is 25.4. The maximum absolute atomic E-state index is 10.2. The van der Waals surface area contributed by atoms with Crippen LogP contribution in [0.25, 0.3) is 0 Å². The van der Waals surface area contributed by atoms with Gasteiger partial charge in [0.1, 0.15) is 11.5 Å². The largest absolute Gasteiger partial charge is 0.508 e. The first-order valence-corrected chi connectivity index (χ1v) is 15.1. The van der Waals surface area contributed by atoms with Crippen molar-refractivity contribution in [1.29, 1.82) is 0 Å². The normalized spacial score (nSPS) is 19.3. The SMILES string of the molecule is Oc1ccc2c(c1)[C@H](c1ccc(CCCCCCCCCCN3CCCC3)cc1)[C@H](c1ccccc1)CO2. The summed E-state index contributed by atoms with van der Waals surface area (Å²) in [4.78, 5) is 2.64. The number of hydrogen-bond acceptors (Lipinski definition) is 3. The van der Waals surface area contributed by atoms with Crippen LogP contribution in [0.1, 0.15) is 98.3 Å². The summed E-state index contributed by atoms with van der Waals surface area (Å²) in [6.07, 6.45) is 14.9. The zero-order chi connectivity index (χ0) is 26.0. The van der Waals surface area contributed by atoms with Crippen LogP contribution in [0.3, 0.4) is 0 Å². The van der Waals surface area contributed by atoms with Gasteiger partial charge in [-0.1, -0.05) is 93.1 Å². The third-order valence-corrected chi connectivity index (χ3v) is 8.60. The van der Waals surface area contributed by atoms with Crippen molar-refractivity contribution in [2.45, 2.75) is 82.5 Å². The van der Waals surface area contributed by atoms with E-state index < -0.39 is 0 Å². The van der Waals surface area contributed by atoms with Crippen molar-refractivity contribution >= 4 is 0 Å². The third-order valence-electron chi connectivity index (χ3n) is 8.60. The van der Waals surface area contributed by atoms with Gasteiger partial charge >= 0.3 is 0 Å². The Labute approximate surface area is 229 Å². The summed E-state index contributed by atoms with van der Waals surface area (Å²) in [5.74, 6) is 1.56. The molecule has 0 unspecified atom stereocenters. The van der Waals surface area contributed by atoms with E-state index in [-0.39, 0.29) is 11.8 Å². The van der Waals surface area contributed by atoms with Crippen LogP contribution in [-0.2, 0) is 6.42 Å². The first-order valence-electron chi connectivity index (χ1n) is 15.1. The van der Waals surface area contributed by atoms with E-state index in [2.05, 4.69) is 59.5 Å². The van der Waals surface area contributed by atoms with Crippen molar-refractivity contribution in [3.05, 3.63) is 95.1 Å². The molecule has 0 aromatic heterocycles. The minimum absolute atomic E-state index is 0.164. The van der Waals surface area contributed by atoms with E-state index in [1.54, 1.807) is 6.07 Å². The molecule has 2 atom stereocenters. The van der Waals surface area contributed by atoms with Crippen LogP contribution in [0.5, 0.6) is 11.5 Å². The molecule has 1 saturated heterocycles. The standard InChI is InChI=1S/C35H45NO2/c37-31-21-22-34-32(26-31)35(33(27-38-34)29-15-9-7-10-16-29)30-19-17-28(18-20-30)14-8-5-3-1-2-4-6-11-23-36-24-12-13-25-36/h7,9-10,15-22,26,33,35,37H,1-6,8,11-14,23-25,27H2/t33-,35-/m0/s1. The van der Waals surface area contributed by atoms with Gasteiger partial charge in [-0.15, -0.1) is 0 Å². The maximum Gasteiger partial charge on any atom is 0.123 e. The molecule has 2 aliphatic rings. The minimum Gasteiger partial charge on any atom is -0.508 e. The number of ether oxygens (including phenoxy) is 1. The lowest BCUT2D eigenvalue weighted by Crippen LogP contribution is -2.25. The molecular weight excluding hydrogens is 466 g/mol. The third kappa shape index (κ3) is 7.20. The summed E-state index contributed by atoms with van der Waals surface area (Å²) < 4.78 is 6.14. The number of benzene rings is 3. The van der Waals surface area contributed by atoms with Gasteiger partial charge in [0.15, 0.2) is 0 Å². The molecule has 0 saturated carbocycles. The molecule has 202 valence electrons. The Morgan fingerprint density at radius 1 is 0.711 bits per heavy atom. The molecule has 3 nitrogen and oxygen atoms in total. The molecule has 3 aromatic rings. The van der Waals surface area contributed by atoms with Crippen LogP contribution in [-0.4, -0.2) is 36.2 Å². The number of unbranched alkanes of at least 4 members (excludes halogenated alkanes) is 7. The highest BCUT2D eigenvalue weighted by Crippen LogP contribution is 2.47. The van der Waals surface area contributed by atoms with Crippen molar-refractivity contribution in [3.63, 3.8) is 0 Å². The highest BCUT2D eigenvalue weighted by atomic mass is 16.5. The van der Waals surface area contributed by atoms with E-state index >= 15 is 0 Å². The van der Waals surface area contributed by atoms with E-state index in [0.29, 0.717) is 12.4 Å². The van der Waals surface area contributed by atoms with E-state index in [9.17, 15) is 5.11 Å². The van der Waals surface area contributed by atoms with Gasteiger partial charge in [0.25, 0.3) is 0 Å². The summed E-state index contributed by atoms with van der Waals surface area (Å²) in [6.45, 7) is 4.65. The van der Waals surface area contributed by atoms with Crippen LogP contribution in [0, 0.1) is 0 Å². The molecule has 38 heavy (non-hydrogen) atoms. The number of likely N-dealkylation sites (tertiary alicyclic amines) is 1. The zero-order valence-corrected chi connectivity index (χ0v) is 23.0. The Morgan fingerprint density at radius 2 is 1.39 bits per heavy atom. The number of nitrogens with zero attached hydrogens (tertiary/aromatic N) is 1. The van der Waals surface area contributed by atoms with E-state index in [4.69, 9.17) is 4.74 Å². The summed E-state index contributed by atoms with van der Waals surface area (Å²) in [5, 5.41) is 10.2. The summed E-state index contributed by atoms with van der Waals surface area (Å²) in [7, 11) is 0. The molecule has 0 spiro atoms. The summed E-state index contributed by atoms with van der Waals surface area (Å²) in [5.41, 5.74) is 5.08. The van der Waals surface area contributed by atoms with Crippen molar-refractivity contribution in [3.8, 4) is 11.5 Å². The highest BCUT2D eigenvalue weighted by Gasteiger charge is 2.33. The topological polar surface area (TPSA) is 32.7 Å². The lowest BCUT2D eigenvalue weighted by atomic mass is 9.75. The molecule has 1 fully saturated rings. The molecule has 0 radical (unpaired) electrons. The lowest BCUT2D eigenvalue weighted by Gasteiger charge is -2.34. The van der Waals surface area contributed by atoms with Gasteiger partial charge in [-0.2, -0.15) is 0 Å². The Bertz CT molecular complexity index is 1100. The number of fused-ring (bicyclic) bond motifs is 1. The smallest absolute Gasteiger partial charge is 0.123 e. The van der Waals surface area contributed by atoms with Crippen molar-refractivity contribution in [1.82, 2.24) is 4.90 Å². The van der Waals surface area contributed by atoms with Gasteiger partial charge in [0.2, 0.25) is 0 Å². The predicted molar refractivity (Wildman–Crippen MR) is 157 cm³/mol. The van der Waals surface area contributed by atoms with Crippen molar-refractivity contribution in [2.24, 2.45) is 0 Å². The van der Waals surface area contributed by atoms with E-state index in [1.165, 1.54) is 101 Å². The number of aromatic hydroxyl groups is 1. The molecule has 2 aliphatic heterocycles. The van der Waals surface area contributed by atoms with Gasteiger partial charge in [0.05, 0.1) is 6.61 Å². The van der Waals surface area contributed by atoms with Gasteiger partial charge in [-0.05, 0) is 86.6 Å². The van der Waals surface area contributed by atoms with Crippen LogP contribution < -0.4 is 4.74 Å². The fraction of sp³-hybridized carbons (Fsp3) is 0.486. The fourth-order valence-corrected chi connectivity index (χ4v) is 6.43. The highest BCUT2D eigenvalue weighted by molar-refractivity contribution is 5.50. The van der Waals surface area contributed by atoms with Gasteiger partial charge in [-0.3, -0.25) is 0 Å². The number of aryl methyl sites for hydroxylation is 1. The quantitative estimate of drug-likeness (QED) is 0.234. The molecule has 0 amide bonds. The van der Waals surface area contributed by atoms with E-state index in [0.717, 1.165) is 17.7 Å². The molecule has 5 rings (SSSR count).